The molecule has 0 spiro atoms. The van der Waals surface area contributed by atoms with E-state index in [1.165, 1.54) is 0 Å². The first kappa shape index (κ1) is 14.3. The lowest BCUT2D eigenvalue weighted by Gasteiger charge is -2.20. The highest BCUT2D eigenvalue weighted by Gasteiger charge is 2.28. The van der Waals surface area contributed by atoms with Crippen LogP contribution in [0.1, 0.15) is 15.9 Å². The highest BCUT2D eigenvalue weighted by Crippen LogP contribution is 2.35. The lowest BCUT2D eigenvalue weighted by Crippen LogP contribution is -2.29. The van der Waals surface area contributed by atoms with E-state index in [2.05, 4.69) is 0 Å². The summed E-state index contributed by atoms with van der Waals surface area (Å²) in [5.41, 5.74) is 9.14. The Kier molecular flexibility index (Phi) is 3.83. The summed E-state index contributed by atoms with van der Waals surface area (Å²) in [7, 11) is 0. The van der Waals surface area contributed by atoms with E-state index in [4.69, 9.17) is 17.3 Å². The van der Waals surface area contributed by atoms with Crippen molar-refractivity contribution in [1.29, 1.82) is 0 Å². The third-order valence-electron chi connectivity index (χ3n) is 3.67. The summed E-state index contributed by atoms with van der Waals surface area (Å²) in [5, 5.41) is 0.473. The van der Waals surface area contributed by atoms with Crippen LogP contribution in [-0.2, 0) is 6.42 Å². The summed E-state index contributed by atoms with van der Waals surface area (Å²) in [4.78, 5) is 15.6. The van der Waals surface area contributed by atoms with Crippen LogP contribution in [-0.4, -0.2) is 18.7 Å². The molecule has 1 aliphatic heterocycles. The number of thioether (sulfide) groups is 1. The van der Waals surface area contributed by atoms with Crippen molar-refractivity contribution in [2.24, 2.45) is 0 Å². The van der Waals surface area contributed by atoms with E-state index in [-0.39, 0.29) is 5.91 Å². The average Bonchev–Trinajstić information content (AvgIpc) is 2.92. The highest BCUT2D eigenvalue weighted by atomic mass is 35.5. The SMILES string of the molecule is CSc1ccc(Cl)c(C(=O)N2CCc3cccc(N)c32)c1. The second kappa shape index (κ2) is 5.62. The van der Waals surface area contributed by atoms with Crippen LogP contribution < -0.4 is 10.6 Å². The lowest BCUT2D eigenvalue weighted by molar-refractivity contribution is 0.0989. The van der Waals surface area contributed by atoms with Crippen LogP contribution in [0.15, 0.2) is 41.3 Å². The maximum absolute atomic E-state index is 12.8. The standard InChI is InChI=1S/C16H15ClN2OS/c1-21-11-5-6-13(17)12(9-11)16(20)19-8-7-10-3-2-4-14(18)15(10)19/h2-6,9H,7-8,18H2,1H3. The van der Waals surface area contributed by atoms with E-state index in [1.54, 1.807) is 22.7 Å². The maximum Gasteiger partial charge on any atom is 0.259 e. The van der Waals surface area contributed by atoms with Gasteiger partial charge in [-0.3, -0.25) is 4.79 Å². The van der Waals surface area contributed by atoms with Gasteiger partial charge in [-0.2, -0.15) is 0 Å². The normalized spacial score (nSPS) is 13.3. The zero-order chi connectivity index (χ0) is 15.0. The smallest absolute Gasteiger partial charge is 0.259 e. The van der Waals surface area contributed by atoms with Crippen molar-refractivity contribution >= 4 is 40.6 Å². The van der Waals surface area contributed by atoms with E-state index in [0.717, 1.165) is 22.6 Å². The predicted molar refractivity (Wildman–Crippen MR) is 89.5 cm³/mol. The number of para-hydroxylation sites is 1. The lowest BCUT2D eigenvalue weighted by atomic mass is 10.1. The molecular weight excluding hydrogens is 304 g/mol. The van der Waals surface area contributed by atoms with E-state index in [0.29, 0.717) is 22.8 Å². The quantitative estimate of drug-likeness (QED) is 0.676. The molecule has 2 N–H and O–H groups in total. The van der Waals surface area contributed by atoms with Gasteiger partial charge >= 0.3 is 0 Å². The monoisotopic (exact) mass is 318 g/mol. The van der Waals surface area contributed by atoms with Gasteiger partial charge in [0, 0.05) is 11.4 Å². The molecule has 0 bridgehead atoms. The predicted octanol–water partition coefficient (Wildman–Crippen LogP) is 3.85. The zero-order valence-corrected chi connectivity index (χ0v) is 13.2. The number of halogens is 1. The van der Waals surface area contributed by atoms with Gasteiger partial charge in [-0.1, -0.05) is 23.7 Å². The molecule has 1 heterocycles. The van der Waals surface area contributed by atoms with Crippen LogP contribution in [0.25, 0.3) is 0 Å². The van der Waals surface area contributed by atoms with Gasteiger partial charge < -0.3 is 10.6 Å². The molecule has 0 aliphatic carbocycles. The van der Waals surface area contributed by atoms with Crippen LogP contribution in [0, 0.1) is 0 Å². The summed E-state index contributed by atoms with van der Waals surface area (Å²) in [6, 6.07) is 11.3. The first-order chi connectivity index (χ1) is 10.1. The van der Waals surface area contributed by atoms with Crippen LogP contribution in [0.5, 0.6) is 0 Å². The molecule has 0 unspecified atom stereocenters. The molecule has 0 saturated carbocycles. The van der Waals surface area contributed by atoms with Crippen LogP contribution in [0.2, 0.25) is 5.02 Å². The van der Waals surface area contributed by atoms with Gasteiger partial charge in [0.1, 0.15) is 0 Å². The number of fused-ring (bicyclic) bond motifs is 1. The van der Waals surface area contributed by atoms with Crippen LogP contribution in [0.4, 0.5) is 11.4 Å². The number of nitrogens with zero attached hydrogens (tertiary/aromatic N) is 1. The summed E-state index contributed by atoms with van der Waals surface area (Å²) in [6.07, 6.45) is 2.80. The Morgan fingerprint density at radius 1 is 1.33 bits per heavy atom. The van der Waals surface area contributed by atoms with Crippen molar-refractivity contribution in [3.63, 3.8) is 0 Å². The number of carbonyl (C=O) groups is 1. The fourth-order valence-electron chi connectivity index (χ4n) is 2.63. The summed E-state index contributed by atoms with van der Waals surface area (Å²) in [6.45, 7) is 0.641. The molecule has 0 aromatic heterocycles. The molecule has 0 fully saturated rings. The van der Waals surface area contributed by atoms with Crippen molar-refractivity contribution in [1.82, 2.24) is 0 Å². The second-order valence-electron chi connectivity index (χ2n) is 4.91. The number of anilines is 2. The summed E-state index contributed by atoms with van der Waals surface area (Å²) >= 11 is 7.79. The molecule has 0 atom stereocenters. The van der Waals surface area contributed by atoms with E-state index in [1.807, 2.05) is 36.6 Å². The largest absolute Gasteiger partial charge is 0.397 e. The molecule has 1 aliphatic rings. The minimum Gasteiger partial charge on any atom is -0.397 e. The number of hydrogen-bond acceptors (Lipinski definition) is 3. The van der Waals surface area contributed by atoms with Gasteiger partial charge in [0.05, 0.1) is 22.0 Å². The van der Waals surface area contributed by atoms with Gasteiger partial charge in [-0.25, -0.2) is 0 Å². The third kappa shape index (κ3) is 2.49. The minimum atomic E-state index is -0.0902. The Balaban J connectivity index is 2.02. The fraction of sp³-hybridized carbons (Fsp3) is 0.188. The van der Waals surface area contributed by atoms with Crippen LogP contribution in [0.3, 0.4) is 0 Å². The summed E-state index contributed by atoms with van der Waals surface area (Å²) in [5.74, 6) is -0.0902. The molecule has 108 valence electrons. The fourth-order valence-corrected chi connectivity index (χ4v) is 3.27. The topological polar surface area (TPSA) is 46.3 Å². The van der Waals surface area contributed by atoms with Crippen molar-refractivity contribution < 1.29 is 4.79 Å². The van der Waals surface area contributed by atoms with Gasteiger partial charge in [-0.05, 0) is 42.5 Å². The van der Waals surface area contributed by atoms with Crippen molar-refractivity contribution in [3.05, 3.63) is 52.5 Å². The number of nitrogen functional groups attached to an aromatic ring is 1. The number of benzene rings is 2. The highest BCUT2D eigenvalue weighted by molar-refractivity contribution is 7.98. The first-order valence-electron chi connectivity index (χ1n) is 6.64. The Morgan fingerprint density at radius 3 is 2.90 bits per heavy atom. The van der Waals surface area contributed by atoms with Crippen molar-refractivity contribution in [2.45, 2.75) is 11.3 Å². The Bertz CT molecular complexity index is 717. The molecule has 2 aromatic carbocycles. The van der Waals surface area contributed by atoms with E-state index < -0.39 is 0 Å². The third-order valence-corrected chi connectivity index (χ3v) is 4.73. The average molecular weight is 319 g/mol. The Morgan fingerprint density at radius 2 is 2.14 bits per heavy atom. The molecule has 0 radical (unpaired) electrons. The first-order valence-corrected chi connectivity index (χ1v) is 8.25. The van der Waals surface area contributed by atoms with Gasteiger partial charge in [-0.15, -0.1) is 11.8 Å². The molecule has 1 amide bonds. The number of nitrogens with two attached hydrogens (primary N) is 1. The van der Waals surface area contributed by atoms with E-state index >= 15 is 0 Å². The van der Waals surface area contributed by atoms with Crippen molar-refractivity contribution in [2.75, 3.05) is 23.4 Å². The molecular formula is C16H15ClN2OS. The number of amides is 1. The molecule has 0 saturated heterocycles. The Hall–Kier alpha value is -1.65. The Labute approximate surface area is 133 Å². The van der Waals surface area contributed by atoms with Gasteiger partial charge in [0.2, 0.25) is 0 Å². The number of carbonyl (C=O) groups excluding carboxylic acids is 1. The second-order valence-corrected chi connectivity index (χ2v) is 6.19. The molecule has 21 heavy (non-hydrogen) atoms. The molecule has 2 aromatic rings. The van der Waals surface area contributed by atoms with Gasteiger partial charge in [0.25, 0.3) is 5.91 Å². The molecule has 3 rings (SSSR count). The number of hydrogen-bond donors (Lipinski definition) is 1. The van der Waals surface area contributed by atoms with E-state index in [9.17, 15) is 4.79 Å². The number of rotatable bonds is 2. The summed E-state index contributed by atoms with van der Waals surface area (Å²) < 4.78 is 0. The molecule has 5 heteroatoms. The molecule has 3 nitrogen and oxygen atoms in total. The minimum absolute atomic E-state index is 0.0902. The maximum atomic E-state index is 12.8. The van der Waals surface area contributed by atoms with Crippen molar-refractivity contribution in [3.8, 4) is 0 Å². The van der Waals surface area contributed by atoms with Gasteiger partial charge in [0.15, 0.2) is 0 Å². The van der Waals surface area contributed by atoms with Crippen LogP contribution >= 0.6 is 23.4 Å². The zero-order valence-electron chi connectivity index (χ0n) is 11.6.